The van der Waals surface area contributed by atoms with Crippen molar-refractivity contribution in [1.29, 1.82) is 0 Å². The van der Waals surface area contributed by atoms with Gasteiger partial charge in [0.05, 0.1) is 13.0 Å². The van der Waals surface area contributed by atoms with Gasteiger partial charge in [-0.25, -0.2) is 0 Å². The van der Waals surface area contributed by atoms with Gasteiger partial charge in [-0.05, 0) is 79.2 Å². The highest BCUT2D eigenvalue weighted by molar-refractivity contribution is 6.30. The first-order chi connectivity index (χ1) is 13.0. The van der Waals surface area contributed by atoms with E-state index in [1.807, 2.05) is 19.1 Å². The number of carbonyl (C=O) groups is 1. The molecule has 2 aromatic rings. The van der Waals surface area contributed by atoms with Gasteiger partial charge in [-0.15, -0.1) is 0 Å². The number of esters is 1. The Morgan fingerprint density at radius 2 is 1.96 bits per heavy atom. The lowest BCUT2D eigenvalue weighted by atomic mass is 9.88. The lowest BCUT2D eigenvalue weighted by molar-refractivity contribution is -0.142. The smallest absolute Gasteiger partial charge is 0.310 e. The minimum atomic E-state index is -0.152. The fraction of sp³-hybridized carbons (Fsp3) is 0.458. The van der Waals surface area contributed by atoms with Crippen LogP contribution in [0.1, 0.15) is 68.1 Å². The molecule has 144 valence electrons. The molecule has 1 fully saturated rings. The second kappa shape index (κ2) is 9.41. The largest absolute Gasteiger partial charge is 0.466 e. The normalized spacial score (nSPS) is 20.4. The Balaban J connectivity index is 1.53. The predicted octanol–water partition coefficient (Wildman–Crippen LogP) is 6.52. The molecule has 3 atom stereocenters. The van der Waals surface area contributed by atoms with Gasteiger partial charge in [-0.2, -0.15) is 0 Å². The third kappa shape index (κ3) is 5.59. The molecule has 1 aliphatic rings. The van der Waals surface area contributed by atoms with E-state index >= 15 is 0 Å². The van der Waals surface area contributed by atoms with Gasteiger partial charge in [-0.1, -0.05) is 54.9 Å². The second-order valence-electron chi connectivity index (χ2n) is 7.79. The van der Waals surface area contributed by atoms with Crippen molar-refractivity contribution in [2.24, 2.45) is 5.92 Å². The molecule has 0 spiro atoms. The molecule has 0 bridgehead atoms. The number of carbonyl (C=O) groups excluding carboxylic acids is 1. The van der Waals surface area contributed by atoms with Gasteiger partial charge in [0.15, 0.2) is 0 Å². The van der Waals surface area contributed by atoms with Crippen molar-refractivity contribution < 1.29 is 9.53 Å². The highest BCUT2D eigenvalue weighted by Crippen LogP contribution is 2.42. The van der Waals surface area contributed by atoms with Crippen molar-refractivity contribution >= 4 is 17.6 Å². The van der Waals surface area contributed by atoms with Gasteiger partial charge in [0.25, 0.3) is 0 Å². The van der Waals surface area contributed by atoms with Crippen LogP contribution in [-0.2, 0) is 16.0 Å². The molecular formula is C24H29ClO2. The van der Waals surface area contributed by atoms with Crippen LogP contribution in [-0.4, -0.2) is 12.6 Å². The van der Waals surface area contributed by atoms with Gasteiger partial charge in [0, 0.05) is 5.02 Å². The van der Waals surface area contributed by atoms with Crippen LogP contribution in [0.2, 0.25) is 5.02 Å². The highest BCUT2D eigenvalue weighted by atomic mass is 35.5. The monoisotopic (exact) mass is 384 g/mol. The Labute approximate surface area is 167 Å². The number of benzene rings is 2. The maximum Gasteiger partial charge on any atom is 0.310 e. The van der Waals surface area contributed by atoms with Crippen molar-refractivity contribution in [3.63, 3.8) is 0 Å². The van der Waals surface area contributed by atoms with E-state index in [1.165, 1.54) is 36.8 Å². The van der Waals surface area contributed by atoms with Gasteiger partial charge < -0.3 is 4.74 Å². The Morgan fingerprint density at radius 1 is 1.19 bits per heavy atom. The van der Waals surface area contributed by atoms with Crippen molar-refractivity contribution in [1.82, 2.24) is 0 Å². The minimum absolute atomic E-state index is 0.152. The van der Waals surface area contributed by atoms with E-state index < -0.39 is 0 Å². The maximum absolute atomic E-state index is 11.6. The first-order valence-electron chi connectivity index (χ1n) is 10.0. The molecule has 1 aliphatic carbocycles. The average molecular weight is 385 g/mol. The minimum Gasteiger partial charge on any atom is -0.466 e. The number of halogens is 1. The zero-order chi connectivity index (χ0) is 19.2. The topological polar surface area (TPSA) is 26.3 Å². The summed E-state index contributed by atoms with van der Waals surface area (Å²) in [5, 5.41) is 0.826. The number of hydrogen-bond acceptors (Lipinski definition) is 2. The Morgan fingerprint density at radius 3 is 2.67 bits per heavy atom. The van der Waals surface area contributed by atoms with E-state index in [4.69, 9.17) is 16.3 Å². The molecule has 0 N–H and O–H groups in total. The van der Waals surface area contributed by atoms with E-state index in [9.17, 15) is 4.79 Å². The molecule has 0 aliphatic heterocycles. The maximum atomic E-state index is 11.6. The standard InChI is InChI=1S/C24H29ClO2/c1-3-27-24(26)15-18-7-10-20(11-8-18)22-12-9-19(14-22)13-17(2)21-5-4-6-23(25)16-21/h4-8,10-11,16-17,19,22H,3,9,12-15H2,1-2H3/t17-,19+,22+/m0/s1. The lowest BCUT2D eigenvalue weighted by Crippen LogP contribution is -2.07. The molecule has 3 heteroatoms. The van der Waals surface area contributed by atoms with Gasteiger partial charge >= 0.3 is 5.97 Å². The van der Waals surface area contributed by atoms with Crippen LogP contribution in [0.3, 0.4) is 0 Å². The summed E-state index contributed by atoms with van der Waals surface area (Å²) in [6, 6.07) is 16.8. The quantitative estimate of drug-likeness (QED) is 0.507. The summed E-state index contributed by atoms with van der Waals surface area (Å²) in [6.45, 7) is 4.59. The molecule has 1 saturated carbocycles. The molecule has 0 aromatic heterocycles. The summed E-state index contributed by atoms with van der Waals surface area (Å²) in [7, 11) is 0. The fourth-order valence-corrected chi connectivity index (χ4v) is 4.53. The number of ether oxygens (including phenoxy) is 1. The first-order valence-corrected chi connectivity index (χ1v) is 10.4. The van der Waals surface area contributed by atoms with Gasteiger partial charge in [0.2, 0.25) is 0 Å². The zero-order valence-electron chi connectivity index (χ0n) is 16.3. The third-order valence-corrected chi connectivity index (χ3v) is 5.99. The molecule has 27 heavy (non-hydrogen) atoms. The highest BCUT2D eigenvalue weighted by Gasteiger charge is 2.27. The Hall–Kier alpha value is -1.80. The molecule has 0 amide bonds. The molecule has 0 heterocycles. The molecule has 0 radical (unpaired) electrons. The van der Waals surface area contributed by atoms with Crippen LogP contribution in [0.25, 0.3) is 0 Å². The number of rotatable bonds is 7. The predicted molar refractivity (Wildman–Crippen MR) is 111 cm³/mol. The fourth-order valence-electron chi connectivity index (χ4n) is 4.33. The summed E-state index contributed by atoms with van der Waals surface area (Å²) in [5.74, 6) is 1.79. The van der Waals surface area contributed by atoms with Crippen molar-refractivity contribution in [2.75, 3.05) is 6.61 Å². The van der Waals surface area contributed by atoms with Crippen LogP contribution in [0.15, 0.2) is 48.5 Å². The summed E-state index contributed by atoms with van der Waals surface area (Å²) in [5.41, 5.74) is 3.77. The van der Waals surface area contributed by atoms with E-state index in [1.54, 1.807) is 0 Å². The second-order valence-corrected chi connectivity index (χ2v) is 8.23. The van der Waals surface area contributed by atoms with Crippen LogP contribution in [0, 0.1) is 5.92 Å². The van der Waals surface area contributed by atoms with E-state index in [0.717, 1.165) is 16.5 Å². The Bertz CT molecular complexity index is 753. The van der Waals surface area contributed by atoms with Crippen LogP contribution in [0.5, 0.6) is 0 Å². The lowest BCUT2D eigenvalue weighted by Gasteiger charge is -2.18. The third-order valence-electron chi connectivity index (χ3n) is 5.75. The molecule has 3 rings (SSSR count). The SMILES string of the molecule is CCOC(=O)Cc1ccc([C@@H]2CC[C@H](C[C@H](C)c3cccc(Cl)c3)C2)cc1. The van der Waals surface area contributed by atoms with E-state index in [0.29, 0.717) is 24.9 Å². The van der Waals surface area contributed by atoms with Crippen molar-refractivity contribution in [3.8, 4) is 0 Å². The Kier molecular flexibility index (Phi) is 6.95. The molecule has 2 nitrogen and oxygen atoms in total. The molecule has 2 aromatic carbocycles. The van der Waals surface area contributed by atoms with Gasteiger partial charge in [0.1, 0.15) is 0 Å². The summed E-state index contributed by atoms with van der Waals surface area (Å²) < 4.78 is 5.02. The number of hydrogen-bond donors (Lipinski definition) is 0. The summed E-state index contributed by atoms with van der Waals surface area (Å²) in [6.07, 6.45) is 5.38. The van der Waals surface area contributed by atoms with Crippen LogP contribution < -0.4 is 0 Å². The van der Waals surface area contributed by atoms with E-state index in [2.05, 4.69) is 43.3 Å². The molecular weight excluding hydrogens is 356 g/mol. The first kappa shape index (κ1) is 19.9. The molecule has 0 saturated heterocycles. The average Bonchev–Trinajstić information content (AvgIpc) is 3.11. The summed E-state index contributed by atoms with van der Waals surface area (Å²) >= 11 is 6.14. The summed E-state index contributed by atoms with van der Waals surface area (Å²) in [4.78, 5) is 11.6. The van der Waals surface area contributed by atoms with E-state index in [-0.39, 0.29) is 5.97 Å². The zero-order valence-corrected chi connectivity index (χ0v) is 17.0. The molecule has 0 unspecified atom stereocenters. The van der Waals surface area contributed by atoms with Gasteiger partial charge in [-0.3, -0.25) is 4.79 Å². The van der Waals surface area contributed by atoms with Crippen molar-refractivity contribution in [3.05, 3.63) is 70.2 Å². The van der Waals surface area contributed by atoms with Crippen LogP contribution in [0.4, 0.5) is 0 Å². The van der Waals surface area contributed by atoms with Crippen molar-refractivity contribution in [2.45, 2.75) is 57.8 Å². The van der Waals surface area contributed by atoms with Crippen LogP contribution >= 0.6 is 11.6 Å².